The third kappa shape index (κ3) is 3.38. The van der Waals surface area contributed by atoms with E-state index in [1.165, 1.54) is 23.9 Å². The minimum atomic E-state index is -4.49. The predicted molar refractivity (Wildman–Crippen MR) is 81.6 cm³/mol. The first-order valence-electron chi connectivity index (χ1n) is 7.78. The van der Waals surface area contributed by atoms with E-state index in [0.29, 0.717) is 37.3 Å². The molecule has 3 heterocycles. The summed E-state index contributed by atoms with van der Waals surface area (Å²) < 4.78 is 39.9. The van der Waals surface area contributed by atoms with Crippen LogP contribution in [0.15, 0.2) is 18.5 Å². The van der Waals surface area contributed by atoms with Crippen molar-refractivity contribution in [3.63, 3.8) is 0 Å². The number of carbonyl (C=O) groups is 1. The number of carbonyl (C=O) groups excluding carboxylic acids is 1. The van der Waals surface area contributed by atoms with Crippen molar-refractivity contribution in [3.05, 3.63) is 41.2 Å². The number of piperidine rings is 1. The normalized spacial score (nSPS) is 18.2. The van der Waals surface area contributed by atoms with Crippen molar-refractivity contribution in [3.8, 4) is 6.07 Å². The molecule has 1 N–H and O–H groups in total. The molecular formula is C16H16F3N5O. The maximum Gasteiger partial charge on any atom is 0.434 e. The zero-order valence-corrected chi connectivity index (χ0v) is 13.5. The number of hydrogen-bond donors (Lipinski definition) is 1. The lowest BCUT2D eigenvalue weighted by Gasteiger charge is -2.32. The summed E-state index contributed by atoms with van der Waals surface area (Å²) in [5.41, 5.74) is -0.262. The number of hydrogen-bond acceptors (Lipinski definition) is 3. The minimum absolute atomic E-state index is 0.243. The summed E-state index contributed by atoms with van der Waals surface area (Å²) in [6, 6.07) is 3.38. The van der Waals surface area contributed by atoms with Crippen LogP contribution in [0.1, 0.15) is 46.3 Å². The van der Waals surface area contributed by atoms with Crippen LogP contribution in [0.3, 0.4) is 0 Å². The number of amides is 1. The molecule has 0 aromatic carbocycles. The van der Waals surface area contributed by atoms with Crippen molar-refractivity contribution in [2.45, 2.75) is 24.9 Å². The molecule has 2 aromatic heterocycles. The number of H-pyrrole nitrogens is 1. The van der Waals surface area contributed by atoms with Crippen molar-refractivity contribution < 1.29 is 18.0 Å². The lowest BCUT2D eigenvalue weighted by molar-refractivity contribution is -0.141. The summed E-state index contributed by atoms with van der Waals surface area (Å²) in [6.45, 7) is 0.826. The number of likely N-dealkylation sites (tertiary alicyclic amines) is 1. The van der Waals surface area contributed by atoms with Gasteiger partial charge in [-0.3, -0.25) is 4.79 Å². The van der Waals surface area contributed by atoms with Crippen LogP contribution in [-0.2, 0) is 13.2 Å². The van der Waals surface area contributed by atoms with Crippen LogP contribution in [0.4, 0.5) is 13.2 Å². The van der Waals surface area contributed by atoms with Gasteiger partial charge in [-0.05, 0) is 18.9 Å². The molecule has 3 rings (SSSR count). The van der Waals surface area contributed by atoms with E-state index in [1.807, 2.05) is 6.07 Å². The number of aromatic nitrogens is 3. The monoisotopic (exact) mass is 351 g/mol. The summed E-state index contributed by atoms with van der Waals surface area (Å²) in [5.74, 6) is -0.169. The molecule has 132 valence electrons. The molecule has 2 aromatic rings. The van der Waals surface area contributed by atoms with Crippen molar-refractivity contribution in [2.24, 2.45) is 7.05 Å². The molecule has 0 unspecified atom stereocenters. The fourth-order valence-electron chi connectivity index (χ4n) is 3.13. The maximum atomic E-state index is 12.8. The first kappa shape index (κ1) is 17.1. The second-order valence-corrected chi connectivity index (χ2v) is 6.10. The van der Waals surface area contributed by atoms with Gasteiger partial charge in [0.2, 0.25) is 0 Å². The van der Waals surface area contributed by atoms with Gasteiger partial charge in [-0.2, -0.15) is 18.4 Å². The van der Waals surface area contributed by atoms with Gasteiger partial charge in [-0.15, -0.1) is 0 Å². The quantitative estimate of drug-likeness (QED) is 0.904. The highest BCUT2D eigenvalue weighted by molar-refractivity contribution is 5.94. The lowest BCUT2D eigenvalue weighted by atomic mass is 9.96. The summed E-state index contributed by atoms with van der Waals surface area (Å²) in [7, 11) is 1.53. The molecule has 0 spiro atoms. The van der Waals surface area contributed by atoms with E-state index in [9.17, 15) is 18.0 Å². The largest absolute Gasteiger partial charge is 0.434 e. The Hall–Kier alpha value is -2.76. The molecule has 6 nitrogen and oxygen atoms in total. The highest BCUT2D eigenvalue weighted by atomic mass is 19.4. The fraction of sp³-hybridized carbons (Fsp3) is 0.438. The molecule has 0 saturated carbocycles. The van der Waals surface area contributed by atoms with Gasteiger partial charge in [0.15, 0.2) is 5.69 Å². The van der Waals surface area contributed by atoms with Gasteiger partial charge >= 0.3 is 6.18 Å². The van der Waals surface area contributed by atoms with Gasteiger partial charge in [0.05, 0.1) is 5.56 Å². The number of nitriles is 1. The molecule has 1 saturated heterocycles. The molecule has 0 aliphatic carbocycles. The van der Waals surface area contributed by atoms with E-state index in [2.05, 4.69) is 9.97 Å². The summed E-state index contributed by atoms with van der Waals surface area (Å²) >= 11 is 0. The van der Waals surface area contributed by atoms with Crippen molar-refractivity contribution in [1.29, 1.82) is 5.26 Å². The van der Waals surface area contributed by atoms with Crippen LogP contribution >= 0.6 is 0 Å². The van der Waals surface area contributed by atoms with Crippen LogP contribution in [0.2, 0.25) is 0 Å². The van der Waals surface area contributed by atoms with Crippen LogP contribution in [0.25, 0.3) is 0 Å². The van der Waals surface area contributed by atoms with Gasteiger partial charge in [0.1, 0.15) is 17.6 Å². The molecule has 0 radical (unpaired) electrons. The average Bonchev–Trinajstić information content (AvgIpc) is 3.20. The molecule has 1 atom stereocenters. The number of aromatic amines is 1. The molecular weight excluding hydrogens is 335 g/mol. The number of imidazole rings is 1. The van der Waals surface area contributed by atoms with Crippen molar-refractivity contribution in [2.75, 3.05) is 13.1 Å². The molecule has 0 bridgehead atoms. The third-order valence-corrected chi connectivity index (χ3v) is 4.33. The van der Waals surface area contributed by atoms with Crippen LogP contribution in [0.5, 0.6) is 0 Å². The summed E-state index contributed by atoms with van der Waals surface area (Å²) in [4.78, 5) is 20.6. The average molecular weight is 351 g/mol. The Bertz CT molecular complexity index is 830. The number of nitrogens with one attached hydrogen (secondary N) is 1. The highest BCUT2D eigenvalue weighted by Crippen LogP contribution is 2.32. The van der Waals surface area contributed by atoms with Gasteiger partial charge in [-0.25, -0.2) is 4.98 Å². The number of halogens is 3. The molecule has 1 amide bonds. The molecule has 1 aliphatic heterocycles. The molecule has 1 aliphatic rings. The number of rotatable bonds is 2. The van der Waals surface area contributed by atoms with E-state index >= 15 is 0 Å². The Morgan fingerprint density at radius 2 is 2.24 bits per heavy atom. The third-order valence-electron chi connectivity index (χ3n) is 4.33. The van der Waals surface area contributed by atoms with E-state index < -0.39 is 11.9 Å². The summed E-state index contributed by atoms with van der Waals surface area (Å²) in [6.07, 6.45) is -0.698. The molecule has 25 heavy (non-hydrogen) atoms. The SMILES string of the molecule is Cn1cc(C(F)(F)F)nc1[C@H]1CCCN(C(=O)c2c[nH]c(C#N)c2)C1. The van der Waals surface area contributed by atoms with Crippen molar-refractivity contribution >= 4 is 5.91 Å². The first-order chi connectivity index (χ1) is 11.8. The van der Waals surface area contributed by atoms with Gasteiger partial charge in [0, 0.05) is 38.4 Å². The minimum Gasteiger partial charge on any atom is -0.352 e. The van der Waals surface area contributed by atoms with Gasteiger partial charge in [-0.1, -0.05) is 0 Å². The van der Waals surface area contributed by atoms with Gasteiger partial charge in [0.25, 0.3) is 5.91 Å². The highest BCUT2D eigenvalue weighted by Gasteiger charge is 2.36. The Labute approximate surface area is 141 Å². The lowest BCUT2D eigenvalue weighted by Crippen LogP contribution is -2.39. The van der Waals surface area contributed by atoms with E-state index in [1.54, 1.807) is 4.90 Å². The number of aryl methyl sites for hydroxylation is 1. The molecule has 1 fully saturated rings. The van der Waals surface area contributed by atoms with Gasteiger partial charge < -0.3 is 14.5 Å². The Morgan fingerprint density at radius 1 is 1.48 bits per heavy atom. The Kier molecular flexibility index (Phi) is 4.29. The van der Waals surface area contributed by atoms with Crippen LogP contribution < -0.4 is 0 Å². The second kappa shape index (κ2) is 6.27. The zero-order chi connectivity index (χ0) is 18.2. The number of nitrogens with zero attached hydrogens (tertiary/aromatic N) is 4. The Morgan fingerprint density at radius 3 is 2.84 bits per heavy atom. The second-order valence-electron chi connectivity index (χ2n) is 6.10. The van der Waals surface area contributed by atoms with E-state index in [4.69, 9.17) is 5.26 Å². The standard InChI is InChI=1S/C16H16F3N5O/c1-23-9-13(16(17,18)19)22-14(23)10-3-2-4-24(8-10)15(25)11-5-12(6-20)21-7-11/h5,7,9-10,21H,2-4,8H2,1H3/t10-/m0/s1. The number of alkyl halides is 3. The van der Waals surface area contributed by atoms with Crippen LogP contribution in [-0.4, -0.2) is 38.4 Å². The van der Waals surface area contributed by atoms with Crippen LogP contribution in [0, 0.1) is 11.3 Å². The Balaban J connectivity index is 1.78. The molecule has 9 heteroatoms. The smallest absolute Gasteiger partial charge is 0.352 e. The topological polar surface area (TPSA) is 77.7 Å². The van der Waals surface area contributed by atoms with Crippen molar-refractivity contribution in [1.82, 2.24) is 19.4 Å². The summed E-state index contributed by atoms with van der Waals surface area (Å²) in [5, 5.41) is 8.82. The zero-order valence-electron chi connectivity index (χ0n) is 13.5. The first-order valence-corrected chi connectivity index (χ1v) is 7.78. The maximum absolute atomic E-state index is 12.8. The van der Waals surface area contributed by atoms with E-state index in [-0.39, 0.29) is 17.5 Å². The predicted octanol–water partition coefficient (Wildman–Crippen LogP) is 2.66. The van der Waals surface area contributed by atoms with E-state index in [0.717, 1.165) is 6.20 Å². The fourth-order valence-corrected chi connectivity index (χ4v) is 3.13.